The Balaban J connectivity index is 1.86. The average molecular weight is 385 g/mol. The Hall–Kier alpha value is -2.58. The molecule has 150 valence electrons. The molecule has 0 aliphatic heterocycles. The number of nitriles is 2. The van der Waals surface area contributed by atoms with Crippen LogP contribution in [-0.4, -0.2) is 0 Å². The van der Waals surface area contributed by atoms with E-state index in [4.69, 9.17) is 0 Å². The van der Waals surface area contributed by atoms with Gasteiger partial charge in [0.15, 0.2) is 0 Å². The number of rotatable bonds is 7. The summed E-state index contributed by atoms with van der Waals surface area (Å²) in [6, 6.07) is 17.3. The average Bonchev–Trinajstić information content (AvgIpc) is 2.77. The quantitative estimate of drug-likeness (QED) is 0.496. The molecule has 0 aromatic heterocycles. The summed E-state index contributed by atoms with van der Waals surface area (Å²) < 4.78 is 0. The van der Waals surface area contributed by atoms with Crippen LogP contribution in [0.5, 0.6) is 0 Å². The Morgan fingerprint density at radius 2 is 1.52 bits per heavy atom. The molecule has 2 heteroatoms. The number of hydrogen-bond acceptors (Lipinski definition) is 2. The Morgan fingerprint density at radius 3 is 2.10 bits per heavy atom. The van der Waals surface area contributed by atoms with Gasteiger partial charge in [-0.3, -0.25) is 0 Å². The third-order valence-electron chi connectivity index (χ3n) is 6.52. The Kier molecular flexibility index (Phi) is 7.48. The summed E-state index contributed by atoms with van der Waals surface area (Å²) in [4.78, 5) is 0. The number of aryl methyl sites for hydroxylation is 1. The van der Waals surface area contributed by atoms with Crippen molar-refractivity contribution in [2.45, 2.75) is 77.6 Å². The molecular weight excluding hydrogens is 352 g/mol. The Bertz CT molecular complexity index is 888. The molecule has 0 atom stereocenters. The summed E-state index contributed by atoms with van der Waals surface area (Å²) in [7, 11) is 0. The summed E-state index contributed by atoms with van der Waals surface area (Å²) in [5, 5.41) is 19.8. The van der Waals surface area contributed by atoms with Gasteiger partial charge in [-0.05, 0) is 60.6 Å². The van der Waals surface area contributed by atoms with Crippen LogP contribution in [0.25, 0.3) is 11.1 Å². The van der Waals surface area contributed by atoms with Gasteiger partial charge in [0, 0.05) is 5.56 Å². The minimum atomic E-state index is 0.413. The first-order valence-corrected chi connectivity index (χ1v) is 11.3. The van der Waals surface area contributed by atoms with Crippen LogP contribution in [0, 0.1) is 28.6 Å². The second kappa shape index (κ2) is 10.3. The lowest BCUT2D eigenvalue weighted by Gasteiger charge is -2.29. The van der Waals surface area contributed by atoms with Crippen LogP contribution in [0.2, 0.25) is 0 Å². The molecule has 0 saturated heterocycles. The maximum atomic E-state index is 9.91. The van der Waals surface area contributed by atoms with Gasteiger partial charge in [-0.1, -0.05) is 75.9 Å². The molecular formula is C27H32N2. The van der Waals surface area contributed by atoms with E-state index in [1.807, 2.05) is 0 Å². The first-order chi connectivity index (χ1) is 14.2. The van der Waals surface area contributed by atoms with Crippen molar-refractivity contribution in [3.05, 3.63) is 58.7 Å². The lowest BCUT2D eigenvalue weighted by Crippen LogP contribution is -2.15. The standard InChI is InChI=1S/C27H32N2/c1-3-5-7-21-10-14-23(15-11-21)25-17-16-24(26(18-28)27(25)19-29)22-12-8-20(6-4-2)9-13-22/h8-9,12-13,16-17,21,23H,3-7,10-11,14-15H2,1-2H3. The zero-order valence-corrected chi connectivity index (χ0v) is 17.9. The van der Waals surface area contributed by atoms with Crippen molar-refractivity contribution >= 4 is 0 Å². The van der Waals surface area contributed by atoms with Gasteiger partial charge in [-0.15, -0.1) is 0 Å². The SMILES string of the molecule is CCCCC1CCC(c2ccc(-c3ccc(CCC)cc3)c(C#N)c2C#N)CC1. The van der Waals surface area contributed by atoms with Crippen molar-refractivity contribution in [2.75, 3.05) is 0 Å². The van der Waals surface area contributed by atoms with Gasteiger partial charge in [-0.25, -0.2) is 0 Å². The molecule has 0 amide bonds. The van der Waals surface area contributed by atoms with Gasteiger partial charge < -0.3 is 0 Å². The Morgan fingerprint density at radius 1 is 0.828 bits per heavy atom. The van der Waals surface area contributed by atoms with Crippen molar-refractivity contribution in [2.24, 2.45) is 5.92 Å². The summed E-state index contributed by atoms with van der Waals surface area (Å²) in [5.74, 6) is 1.25. The highest BCUT2D eigenvalue weighted by atomic mass is 14.3. The topological polar surface area (TPSA) is 47.6 Å². The minimum absolute atomic E-state index is 0.413. The zero-order valence-electron chi connectivity index (χ0n) is 17.9. The van der Waals surface area contributed by atoms with Crippen molar-refractivity contribution < 1.29 is 0 Å². The first-order valence-electron chi connectivity index (χ1n) is 11.3. The number of benzene rings is 2. The predicted octanol–water partition coefficient (Wildman–Crippen LogP) is 7.51. The van der Waals surface area contributed by atoms with Gasteiger partial charge in [-0.2, -0.15) is 10.5 Å². The van der Waals surface area contributed by atoms with E-state index in [-0.39, 0.29) is 0 Å². The highest BCUT2D eigenvalue weighted by Gasteiger charge is 2.26. The lowest BCUT2D eigenvalue weighted by molar-refractivity contribution is 0.304. The van der Waals surface area contributed by atoms with Crippen LogP contribution in [0.3, 0.4) is 0 Å². The molecule has 1 saturated carbocycles. The summed E-state index contributed by atoms with van der Waals surface area (Å²) in [5.41, 5.74) is 5.44. The molecule has 0 spiro atoms. The molecule has 1 fully saturated rings. The van der Waals surface area contributed by atoms with Crippen LogP contribution in [0.4, 0.5) is 0 Å². The number of unbranched alkanes of at least 4 members (excludes halogenated alkanes) is 1. The molecule has 2 nitrogen and oxygen atoms in total. The second-order valence-electron chi connectivity index (χ2n) is 8.48. The van der Waals surface area contributed by atoms with Crippen molar-refractivity contribution in [3.8, 4) is 23.3 Å². The second-order valence-corrected chi connectivity index (χ2v) is 8.48. The lowest BCUT2D eigenvalue weighted by atomic mass is 9.75. The molecule has 0 radical (unpaired) electrons. The van der Waals surface area contributed by atoms with Crippen molar-refractivity contribution in [1.82, 2.24) is 0 Å². The molecule has 2 aromatic carbocycles. The predicted molar refractivity (Wildman–Crippen MR) is 120 cm³/mol. The normalized spacial score (nSPS) is 18.8. The van der Waals surface area contributed by atoms with E-state index in [0.717, 1.165) is 48.3 Å². The molecule has 0 bridgehead atoms. The van der Waals surface area contributed by atoms with E-state index in [1.54, 1.807) is 0 Å². The van der Waals surface area contributed by atoms with Gasteiger partial charge >= 0.3 is 0 Å². The maximum absolute atomic E-state index is 9.91. The van der Waals surface area contributed by atoms with E-state index in [9.17, 15) is 10.5 Å². The smallest absolute Gasteiger partial charge is 0.101 e. The maximum Gasteiger partial charge on any atom is 0.101 e. The molecule has 1 aliphatic carbocycles. The highest BCUT2D eigenvalue weighted by Crippen LogP contribution is 2.40. The Labute approximate surface area is 176 Å². The zero-order chi connectivity index (χ0) is 20.6. The third kappa shape index (κ3) is 4.89. The van der Waals surface area contributed by atoms with Crippen LogP contribution in [0.15, 0.2) is 36.4 Å². The van der Waals surface area contributed by atoms with Gasteiger partial charge in [0.1, 0.15) is 12.1 Å². The molecule has 0 heterocycles. The molecule has 0 unspecified atom stereocenters. The van der Waals surface area contributed by atoms with Crippen LogP contribution < -0.4 is 0 Å². The van der Waals surface area contributed by atoms with Crippen LogP contribution in [0.1, 0.15) is 93.4 Å². The van der Waals surface area contributed by atoms with E-state index >= 15 is 0 Å². The molecule has 1 aliphatic rings. The molecule has 29 heavy (non-hydrogen) atoms. The molecule has 2 aromatic rings. The van der Waals surface area contributed by atoms with E-state index in [1.165, 1.54) is 37.7 Å². The third-order valence-corrected chi connectivity index (χ3v) is 6.52. The fourth-order valence-corrected chi connectivity index (χ4v) is 4.83. The van der Waals surface area contributed by atoms with Crippen molar-refractivity contribution in [1.29, 1.82) is 10.5 Å². The molecule has 0 N–H and O–H groups in total. The number of hydrogen-bond donors (Lipinski definition) is 0. The van der Waals surface area contributed by atoms with Crippen LogP contribution >= 0.6 is 0 Å². The van der Waals surface area contributed by atoms with E-state index < -0.39 is 0 Å². The van der Waals surface area contributed by atoms with E-state index in [2.05, 4.69) is 62.4 Å². The summed E-state index contributed by atoms with van der Waals surface area (Å²) in [6.45, 7) is 4.43. The highest BCUT2D eigenvalue weighted by molar-refractivity contribution is 5.75. The summed E-state index contributed by atoms with van der Waals surface area (Å²) in [6.07, 6.45) is 10.9. The van der Waals surface area contributed by atoms with Gasteiger partial charge in [0.25, 0.3) is 0 Å². The summed E-state index contributed by atoms with van der Waals surface area (Å²) >= 11 is 0. The van der Waals surface area contributed by atoms with Gasteiger partial charge in [0.2, 0.25) is 0 Å². The first kappa shape index (κ1) is 21.1. The fourth-order valence-electron chi connectivity index (χ4n) is 4.83. The van der Waals surface area contributed by atoms with Crippen molar-refractivity contribution in [3.63, 3.8) is 0 Å². The van der Waals surface area contributed by atoms with Gasteiger partial charge in [0.05, 0.1) is 11.1 Å². The van der Waals surface area contributed by atoms with Crippen LogP contribution in [-0.2, 0) is 6.42 Å². The number of nitrogens with zero attached hydrogens (tertiary/aromatic N) is 2. The minimum Gasteiger partial charge on any atom is -0.192 e. The van der Waals surface area contributed by atoms with E-state index in [0.29, 0.717) is 17.0 Å². The largest absolute Gasteiger partial charge is 0.192 e. The fraction of sp³-hybridized carbons (Fsp3) is 0.481. The molecule has 3 rings (SSSR count). The monoisotopic (exact) mass is 384 g/mol.